The van der Waals surface area contributed by atoms with Crippen LogP contribution < -0.4 is 28.4 Å². The van der Waals surface area contributed by atoms with Gasteiger partial charge >= 0.3 is 0 Å². The van der Waals surface area contributed by atoms with Crippen LogP contribution in [0, 0.1) is 55.4 Å². The summed E-state index contributed by atoms with van der Waals surface area (Å²) >= 11 is 0. The highest BCUT2D eigenvalue weighted by atomic mass is 16.5. The van der Waals surface area contributed by atoms with Crippen molar-refractivity contribution in [2.75, 3.05) is 28.4 Å². The van der Waals surface area contributed by atoms with Gasteiger partial charge in [0.1, 0.15) is 47.7 Å². The van der Waals surface area contributed by atoms with Gasteiger partial charge in [0.25, 0.3) is 0 Å². The molecule has 0 saturated carbocycles. The second-order valence-corrected chi connectivity index (χ2v) is 32.4. The van der Waals surface area contributed by atoms with Crippen LogP contribution in [0.2, 0.25) is 0 Å². The Bertz CT molecular complexity index is 5410. The van der Waals surface area contributed by atoms with Crippen LogP contribution in [-0.2, 0) is 44.4 Å². The standard InChI is InChI=1S/C32H36O7.C32H38O4.C32H34O2/c1-15(2)25-19-9-17-13-39-14-18-10-20-22(12-24(36-6)32(38-8)26(20)16(3)4)30(34)28(18)27(17)29(33)21(19)11-23(35-5)31(25)37-7;1-15(2)27-19(7)17(5)9-25-23(27)11-21(13-33)29(31(25)35)30-22(14-34)12-24-26(32(30)36)10-18(6)20(8)28(24)16(3)4;1-15(2)27-19(7)17(5)9-25-23(27)11-21-13-34-32-26-10-18(6)20(8)28(16(3)4)24(26)12-22-14-33-31(25)29(21)30(22)32/h9-12,15-16,33-34H,13-14H2,1-8H3;9-12,15-16,33-36H,13-14H2,1-8H3;9-12,15-16H,13-14H2,1-8H3. The molecule has 3 aliphatic rings. The Morgan fingerprint density at radius 2 is 0.550 bits per heavy atom. The van der Waals surface area contributed by atoms with Gasteiger partial charge in [-0.2, -0.15) is 0 Å². The lowest BCUT2D eigenvalue weighted by Crippen LogP contribution is -2.16. The Balaban J connectivity index is 0.000000144. The van der Waals surface area contributed by atoms with Crippen molar-refractivity contribution >= 4 is 64.6 Å². The molecule has 0 spiro atoms. The third-order valence-electron chi connectivity index (χ3n) is 23.8. The van der Waals surface area contributed by atoms with Crippen LogP contribution in [0.4, 0.5) is 0 Å². The third-order valence-corrected chi connectivity index (χ3v) is 23.8. The molecule has 0 saturated heterocycles. The van der Waals surface area contributed by atoms with Gasteiger partial charge in [0.05, 0.1) is 54.9 Å². The highest BCUT2D eigenvalue weighted by Gasteiger charge is 2.36. The minimum absolute atomic E-state index is 0.0128. The first kappa shape index (κ1) is 77.2. The molecule has 109 heavy (non-hydrogen) atoms. The average Bonchev–Trinajstić information content (AvgIpc) is 0.798. The number of phenolic OH excluding ortho intramolecular Hbond substituents is 4. The van der Waals surface area contributed by atoms with E-state index in [4.69, 9.17) is 33.2 Å². The van der Waals surface area contributed by atoms with Gasteiger partial charge < -0.3 is 63.8 Å². The normalized spacial score (nSPS) is 13.0. The first-order valence-electron chi connectivity index (χ1n) is 38.5. The lowest BCUT2D eigenvalue weighted by molar-refractivity contribution is 0.110. The van der Waals surface area contributed by atoms with Crippen molar-refractivity contribution in [1.82, 2.24) is 0 Å². The Morgan fingerprint density at radius 3 is 0.826 bits per heavy atom. The molecule has 13 heteroatoms. The van der Waals surface area contributed by atoms with Gasteiger partial charge in [0.15, 0.2) is 23.0 Å². The number of hydrogen-bond donors (Lipinski definition) is 6. The number of hydrogen-bond acceptors (Lipinski definition) is 13. The lowest BCUT2D eigenvalue weighted by atomic mass is 9.81. The number of fused-ring (bicyclic) bond motifs is 11. The van der Waals surface area contributed by atoms with E-state index in [1.807, 2.05) is 50.2 Å². The van der Waals surface area contributed by atoms with Crippen molar-refractivity contribution in [3.63, 3.8) is 0 Å². The maximum Gasteiger partial charge on any atom is 0.164 e. The van der Waals surface area contributed by atoms with Gasteiger partial charge in [0.2, 0.25) is 0 Å². The van der Waals surface area contributed by atoms with Gasteiger partial charge in [-0.05, 0) is 285 Å². The molecule has 13 nitrogen and oxygen atoms in total. The Hall–Kier alpha value is -9.92. The minimum Gasteiger partial charge on any atom is -0.507 e. The van der Waals surface area contributed by atoms with Crippen molar-refractivity contribution in [1.29, 1.82) is 0 Å². The topological polar surface area (TPSA) is 186 Å². The summed E-state index contributed by atoms with van der Waals surface area (Å²) in [4.78, 5) is 0. The molecule has 12 aromatic rings. The van der Waals surface area contributed by atoms with E-state index in [2.05, 4.69) is 149 Å². The number of benzene rings is 12. The molecule has 0 radical (unpaired) electrons. The lowest BCUT2D eigenvalue weighted by Gasteiger charge is -2.33. The number of aliphatic hydroxyl groups is 2. The number of ether oxygens (including phenoxy) is 7. The molecular weight excluding hydrogens is 1360 g/mol. The van der Waals surface area contributed by atoms with E-state index in [1.54, 1.807) is 40.6 Å². The van der Waals surface area contributed by atoms with Crippen LogP contribution in [0.5, 0.6) is 57.5 Å². The van der Waals surface area contributed by atoms with Crippen molar-refractivity contribution in [2.24, 2.45) is 0 Å². The van der Waals surface area contributed by atoms with Crippen LogP contribution in [0.15, 0.2) is 72.8 Å². The van der Waals surface area contributed by atoms with E-state index >= 15 is 0 Å². The van der Waals surface area contributed by atoms with Crippen molar-refractivity contribution in [3.05, 3.63) is 184 Å². The molecule has 0 aromatic heterocycles. The first-order valence-corrected chi connectivity index (χ1v) is 38.5. The van der Waals surface area contributed by atoms with Crippen molar-refractivity contribution in [2.45, 2.75) is 214 Å². The van der Waals surface area contributed by atoms with E-state index in [0.29, 0.717) is 103 Å². The average molecular weight is 1470 g/mol. The Morgan fingerprint density at radius 1 is 0.294 bits per heavy atom. The molecule has 0 bridgehead atoms. The summed E-state index contributed by atoms with van der Waals surface area (Å²) in [5, 5.41) is 79.2. The van der Waals surface area contributed by atoms with Crippen molar-refractivity contribution in [3.8, 4) is 90.9 Å². The van der Waals surface area contributed by atoms with Crippen LogP contribution >= 0.6 is 0 Å². The molecule has 12 aromatic carbocycles. The molecule has 0 atom stereocenters. The summed E-state index contributed by atoms with van der Waals surface area (Å²) in [5.41, 5.74) is 26.4. The smallest absolute Gasteiger partial charge is 0.164 e. The van der Waals surface area contributed by atoms with Crippen LogP contribution in [0.1, 0.15) is 230 Å². The number of aryl methyl sites for hydroxylation is 4. The quantitative estimate of drug-likeness (QED) is 0.0641. The van der Waals surface area contributed by atoms with Crippen LogP contribution in [0.25, 0.3) is 98.0 Å². The number of aliphatic hydroxyl groups excluding tert-OH is 2. The van der Waals surface area contributed by atoms with Gasteiger partial charge in [0, 0.05) is 88.0 Å². The number of aromatic hydroxyl groups is 4. The van der Waals surface area contributed by atoms with E-state index in [0.717, 1.165) is 77.6 Å². The zero-order chi connectivity index (χ0) is 78.9. The predicted molar refractivity (Wildman–Crippen MR) is 445 cm³/mol. The number of methoxy groups -OCH3 is 4. The summed E-state index contributed by atoms with van der Waals surface area (Å²) in [6, 6.07) is 24.9. The van der Waals surface area contributed by atoms with Gasteiger partial charge in [-0.1, -0.05) is 83.1 Å². The fourth-order valence-electron chi connectivity index (χ4n) is 18.6. The fourth-order valence-corrected chi connectivity index (χ4v) is 18.6. The molecule has 15 rings (SSSR count). The van der Waals surface area contributed by atoms with E-state index in [9.17, 15) is 30.6 Å². The zero-order valence-corrected chi connectivity index (χ0v) is 68.2. The van der Waals surface area contributed by atoms with Gasteiger partial charge in [-0.25, -0.2) is 0 Å². The molecule has 3 aliphatic heterocycles. The number of phenols is 4. The Kier molecular flexibility index (Phi) is 20.9. The maximum absolute atomic E-state index is 11.9. The predicted octanol–water partition coefficient (Wildman–Crippen LogP) is 23.8. The fraction of sp³-hybridized carbons (Fsp3) is 0.375. The van der Waals surface area contributed by atoms with Crippen LogP contribution in [-0.4, -0.2) is 59.1 Å². The zero-order valence-electron chi connectivity index (χ0n) is 68.2. The molecule has 3 heterocycles. The summed E-state index contributed by atoms with van der Waals surface area (Å²) in [7, 11) is 6.42. The molecule has 0 fully saturated rings. The third kappa shape index (κ3) is 12.4. The first-order chi connectivity index (χ1) is 51.8. The van der Waals surface area contributed by atoms with Gasteiger partial charge in [-0.15, -0.1) is 0 Å². The summed E-state index contributed by atoms with van der Waals surface area (Å²) in [6.45, 7) is 44.3. The van der Waals surface area contributed by atoms with Crippen molar-refractivity contribution < 1.29 is 63.8 Å². The van der Waals surface area contributed by atoms with E-state index < -0.39 is 0 Å². The SMILES string of the molecule is COc1cc2c(O)c3c(cc2c(C(C)C)c1OC)COCc1cc2c(C(C)C)c(OC)c(OC)cc2c(O)c1-3.Cc1cc2c(O)c(-c3c(CO)cc4c(C(C)C)c(C)c(C)cc4c3O)c(CO)cc2c(C(C)C)c1C.Cc1cc2c3c4c(cc2c(C(C)C)c1C)COc1c-4c(cc2c(C(C)C)c(C)c(C)cc12)CO3. The monoisotopic (exact) mass is 1470 g/mol. The second kappa shape index (κ2) is 29.5. The number of rotatable bonds is 13. The largest absolute Gasteiger partial charge is 0.507 e. The second-order valence-electron chi connectivity index (χ2n) is 32.4. The molecular formula is C96H108O13. The summed E-state index contributed by atoms with van der Waals surface area (Å²) in [5.74, 6) is 6.17. The summed E-state index contributed by atoms with van der Waals surface area (Å²) in [6.07, 6.45) is 0. The highest BCUT2D eigenvalue weighted by Crippen LogP contribution is 2.58. The molecule has 0 unspecified atom stereocenters. The molecule has 0 aliphatic carbocycles. The molecule has 570 valence electrons. The van der Waals surface area contributed by atoms with E-state index in [1.165, 1.54) is 88.3 Å². The van der Waals surface area contributed by atoms with Gasteiger partial charge in [-0.3, -0.25) is 0 Å². The van der Waals surface area contributed by atoms with Crippen LogP contribution in [0.3, 0.4) is 0 Å². The minimum atomic E-state index is -0.310. The molecule has 0 amide bonds. The molecule has 6 N–H and O–H groups in total. The Labute approximate surface area is 641 Å². The maximum atomic E-state index is 11.9. The van der Waals surface area contributed by atoms with E-state index in [-0.39, 0.29) is 73.1 Å². The summed E-state index contributed by atoms with van der Waals surface area (Å²) < 4.78 is 42.1. The highest BCUT2D eigenvalue weighted by molar-refractivity contribution is 6.10.